The highest BCUT2D eigenvalue weighted by Crippen LogP contribution is 2.31. The average Bonchev–Trinajstić information content (AvgIpc) is 2.16. The van der Waals surface area contributed by atoms with Crippen molar-refractivity contribution in [2.45, 2.75) is 11.3 Å². The fourth-order valence-corrected chi connectivity index (χ4v) is 1.65. The van der Waals surface area contributed by atoms with E-state index >= 15 is 0 Å². The number of thioether (sulfide) groups is 1. The maximum atomic E-state index is 12.5. The summed E-state index contributed by atoms with van der Waals surface area (Å²) in [6.07, 6.45) is -0.615. The highest BCUT2D eigenvalue weighted by molar-refractivity contribution is 7.98. The largest absolute Gasteiger partial charge is 0.388 e. The quantitative estimate of drug-likeness (QED) is 0.756. The predicted octanol–water partition coefficient (Wildman–Crippen LogP) is 3.39. The molecule has 1 aromatic rings. The molecule has 1 aromatic carbocycles. The molecular weight excluding hydrogens is 192 g/mol. The van der Waals surface area contributed by atoms with Crippen molar-refractivity contribution in [2.75, 3.05) is 18.6 Å². The third-order valence-corrected chi connectivity index (χ3v) is 2.57. The summed E-state index contributed by atoms with van der Waals surface area (Å²) in [5.41, 5.74) is 0.812. The van der Waals surface area contributed by atoms with Gasteiger partial charge in [-0.1, -0.05) is 0 Å². The van der Waals surface area contributed by atoms with E-state index < -0.39 is 6.43 Å². The van der Waals surface area contributed by atoms with Gasteiger partial charge in [0.1, 0.15) is 0 Å². The van der Waals surface area contributed by atoms with Gasteiger partial charge in [-0.05, 0) is 24.5 Å². The van der Waals surface area contributed by atoms with Crippen LogP contribution in [0.4, 0.5) is 14.5 Å². The Hall–Kier alpha value is -0.770. The Bertz CT molecular complexity index is 289. The van der Waals surface area contributed by atoms with Crippen LogP contribution in [0.2, 0.25) is 0 Å². The number of anilines is 1. The zero-order valence-electron chi connectivity index (χ0n) is 7.47. The number of rotatable bonds is 3. The summed E-state index contributed by atoms with van der Waals surface area (Å²) in [7, 11) is 1.71. The Labute approximate surface area is 80.5 Å². The standard InChI is InChI=1S/C9H11F2NS/c1-12-6-3-4-8(13-2)7(5-6)9(10)11/h3-5,9,12H,1-2H3. The van der Waals surface area contributed by atoms with Gasteiger partial charge in [-0.15, -0.1) is 11.8 Å². The van der Waals surface area contributed by atoms with Crippen LogP contribution in [0, 0.1) is 0 Å². The van der Waals surface area contributed by atoms with Crippen molar-refractivity contribution in [3.8, 4) is 0 Å². The van der Waals surface area contributed by atoms with E-state index in [4.69, 9.17) is 0 Å². The van der Waals surface area contributed by atoms with Crippen LogP contribution in [0.25, 0.3) is 0 Å². The second kappa shape index (κ2) is 4.46. The lowest BCUT2D eigenvalue weighted by atomic mass is 10.2. The number of nitrogens with one attached hydrogen (secondary N) is 1. The van der Waals surface area contributed by atoms with Crippen molar-refractivity contribution in [3.05, 3.63) is 23.8 Å². The van der Waals surface area contributed by atoms with Crippen molar-refractivity contribution in [3.63, 3.8) is 0 Å². The smallest absolute Gasteiger partial charge is 0.265 e. The van der Waals surface area contributed by atoms with Crippen molar-refractivity contribution < 1.29 is 8.78 Å². The topological polar surface area (TPSA) is 12.0 Å². The molecule has 0 aliphatic heterocycles. The van der Waals surface area contributed by atoms with Crippen LogP contribution in [0.15, 0.2) is 23.1 Å². The SMILES string of the molecule is CNc1ccc(SC)c(C(F)F)c1. The molecule has 1 rings (SSSR count). The molecule has 0 fully saturated rings. The fourth-order valence-electron chi connectivity index (χ4n) is 1.06. The molecule has 72 valence electrons. The van der Waals surface area contributed by atoms with Crippen molar-refractivity contribution in [1.29, 1.82) is 0 Å². The Morgan fingerprint density at radius 2 is 2.08 bits per heavy atom. The van der Waals surface area contributed by atoms with E-state index in [2.05, 4.69) is 5.32 Å². The minimum atomic E-state index is -2.41. The number of halogens is 2. The molecule has 0 saturated carbocycles. The van der Waals surface area contributed by atoms with Crippen LogP contribution < -0.4 is 5.32 Å². The van der Waals surface area contributed by atoms with E-state index in [0.717, 1.165) is 0 Å². The van der Waals surface area contributed by atoms with Gasteiger partial charge < -0.3 is 5.32 Å². The average molecular weight is 203 g/mol. The summed E-state index contributed by atoms with van der Waals surface area (Å²) in [6, 6.07) is 4.98. The molecule has 0 aliphatic rings. The molecule has 4 heteroatoms. The van der Waals surface area contributed by atoms with Gasteiger partial charge in [0, 0.05) is 23.2 Å². The van der Waals surface area contributed by atoms with Crippen LogP contribution in [0.3, 0.4) is 0 Å². The van der Waals surface area contributed by atoms with E-state index in [9.17, 15) is 8.78 Å². The van der Waals surface area contributed by atoms with Gasteiger partial charge in [-0.2, -0.15) is 0 Å². The van der Waals surface area contributed by atoms with Gasteiger partial charge >= 0.3 is 0 Å². The first-order chi connectivity index (χ1) is 6.19. The Morgan fingerprint density at radius 1 is 1.38 bits per heavy atom. The zero-order valence-corrected chi connectivity index (χ0v) is 8.29. The summed E-state index contributed by atoms with van der Waals surface area (Å²) in [5.74, 6) is 0. The molecule has 0 saturated heterocycles. The highest BCUT2D eigenvalue weighted by atomic mass is 32.2. The highest BCUT2D eigenvalue weighted by Gasteiger charge is 2.12. The van der Waals surface area contributed by atoms with E-state index in [1.165, 1.54) is 17.8 Å². The van der Waals surface area contributed by atoms with Crippen molar-refractivity contribution >= 4 is 17.4 Å². The first-order valence-electron chi connectivity index (χ1n) is 3.83. The summed E-state index contributed by atoms with van der Waals surface area (Å²) in [4.78, 5) is 0.633. The lowest BCUT2D eigenvalue weighted by Crippen LogP contribution is -1.93. The van der Waals surface area contributed by atoms with E-state index in [1.54, 1.807) is 25.4 Å². The van der Waals surface area contributed by atoms with Crippen LogP contribution in [0.5, 0.6) is 0 Å². The lowest BCUT2D eigenvalue weighted by molar-refractivity contribution is 0.148. The number of benzene rings is 1. The maximum absolute atomic E-state index is 12.5. The number of hydrogen-bond acceptors (Lipinski definition) is 2. The van der Waals surface area contributed by atoms with Crippen molar-refractivity contribution in [2.24, 2.45) is 0 Å². The molecule has 13 heavy (non-hydrogen) atoms. The number of hydrogen-bond donors (Lipinski definition) is 1. The summed E-state index contributed by atoms with van der Waals surface area (Å²) < 4.78 is 25.0. The van der Waals surface area contributed by atoms with E-state index in [0.29, 0.717) is 10.6 Å². The molecule has 1 nitrogen and oxygen atoms in total. The molecule has 0 aliphatic carbocycles. The first-order valence-corrected chi connectivity index (χ1v) is 5.05. The zero-order chi connectivity index (χ0) is 9.84. The first kappa shape index (κ1) is 10.3. The normalized spacial score (nSPS) is 10.5. The Balaban J connectivity index is 3.10. The monoisotopic (exact) mass is 203 g/mol. The predicted molar refractivity (Wildman–Crippen MR) is 52.7 cm³/mol. The molecule has 0 atom stereocenters. The third-order valence-electron chi connectivity index (χ3n) is 1.75. The van der Waals surface area contributed by atoms with Gasteiger partial charge in [-0.25, -0.2) is 8.78 Å². The lowest BCUT2D eigenvalue weighted by Gasteiger charge is -2.08. The van der Waals surface area contributed by atoms with Crippen LogP contribution >= 0.6 is 11.8 Å². The second-order valence-corrected chi connectivity index (χ2v) is 3.36. The van der Waals surface area contributed by atoms with E-state index in [-0.39, 0.29) is 5.56 Å². The Morgan fingerprint density at radius 3 is 2.54 bits per heavy atom. The Kier molecular flexibility index (Phi) is 3.54. The molecule has 0 bridgehead atoms. The molecule has 0 radical (unpaired) electrons. The van der Waals surface area contributed by atoms with Crippen LogP contribution in [-0.2, 0) is 0 Å². The van der Waals surface area contributed by atoms with Crippen LogP contribution in [-0.4, -0.2) is 13.3 Å². The minimum Gasteiger partial charge on any atom is -0.388 e. The number of alkyl halides is 2. The molecule has 0 spiro atoms. The van der Waals surface area contributed by atoms with Crippen LogP contribution in [0.1, 0.15) is 12.0 Å². The third kappa shape index (κ3) is 2.34. The maximum Gasteiger partial charge on any atom is 0.265 e. The molecule has 0 amide bonds. The van der Waals surface area contributed by atoms with E-state index in [1.807, 2.05) is 0 Å². The molecule has 0 heterocycles. The van der Waals surface area contributed by atoms with Crippen molar-refractivity contribution in [1.82, 2.24) is 0 Å². The van der Waals surface area contributed by atoms with Gasteiger partial charge in [0.25, 0.3) is 6.43 Å². The molecule has 0 unspecified atom stereocenters. The molecular formula is C9H11F2NS. The van der Waals surface area contributed by atoms with Gasteiger partial charge in [-0.3, -0.25) is 0 Å². The summed E-state index contributed by atoms with van der Waals surface area (Å²) >= 11 is 1.34. The minimum absolute atomic E-state index is 0.0966. The second-order valence-electron chi connectivity index (χ2n) is 2.51. The molecule has 1 N–H and O–H groups in total. The van der Waals surface area contributed by atoms with Gasteiger partial charge in [0.05, 0.1) is 0 Å². The summed E-state index contributed by atoms with van der Waals surface area (Å²) in [5, 5.41) is 2.83. The van der Waals surface area contributed by atoms with Gasteiger partial charge in [0.15, 0.2) is 0 Å². The molecule has 0 aromatic heterocycles. The van der Waals surface area contributed by atoms with Gasteiger partial charge in [0.2, 0.25) is 0 Å². The summed E-state index contributed by atoms with van der Waals surface area (Å²) in [6.45, 7) is 0. The fraction of sp³-hybridized carbons (Fsp3) is 0.333.